The number of aromatic hydroxyl groups is 2. The Morgan fingerprint density at radius 2 is 2.06 bits per heavy atom. The molecule has 162 valence electrons. The summed E-state index contributed by atoms with van der Waals surface area (Å²) < 4.78 is 7.67. The standard InChI is InChI=1S/C22H17BrN4O5/c1-2-32-18-10-13(6-7-17(18)28)20-22(26-8-4-3-5-19(26)25-20)24-12-14-9-15(23)11-16(21(14)29)27(30)31/h3-12,28-29H,2H2,1H3. The van der Waals surface area contributed by atoms with Gasteiger partial charge in [-0.15, -0.1) is 0 Å². The first-order valence-corrected chi connectivity index (χ1v) is 10.3. The van der Waals surface area contributed by atoms with E-state index in [1.165, 1.54) is 24.4 Å². The van der Waals surface area contributed by atoms with E-state index in [1.807, 2.05) is 25.1 Å². The Labute approximate surface area is 190 Å². The highest BCUT2D eigenvalue weighted by Gasteiger charge is 2.19. The second kappa shape index (κ2) is 8.67. The maximum Gasteiger partial charge on any atom is 0.312 e. The molecule has 0 spiro atoms. The Hall–Kier alpha value is -3.92. The van der Waals surface area contributed by atoms with Crippen LogP contribution in [0.4, 0.5) is 11.5 Å². The van der Waals surface area contributed by atoms with Gasteiger partial charge in [0.05, 0.1) is 11.5 Å². The summed E-state index contributed by atoms with van der Waals surface area (Å²) in [6.07, 6.45) is 3.13. The van der Waals surface area contributed by atoms with Crippen LogP contribution in [0.1, 0.15) is 12.5 Å². The fourth-order valence-corrected chi connectivity index (χ4v) is 3.67. The van der Waals surface area contributed by atoms with Gasteiger partial charge in [0.2, 0.25) is 5.75 Å². The van der Waals surface area contributed by atoms with Crippen molar-refractivity contribution in [3.05, 3.63) is 74.9 Å². The first-order chi connectivity index (χ1) is 15.4. The van der Waals surface area contributed by atoms with E-state index in [-0.39, 0.29) is 11.3 Å². The SMILES string of the molecule is CCOc1cc(-c2nc3ccccn3c2N=Cc2cc(Br)cc([N+](=O)[O-])c2O)ccc1O. The van der Waals surface area contributed by atoms with Gasteiger partial charge >= 0.3 is 5.69 Å². The summed E-state index contributed by atoms with van der Waals surface area (Å²) >= 11 is 3.22. The van der Waals surface area contributed by atoms with Crippen molar-refractivity contribution in [2.45, 2.75) is 6.92 Å². The lowest BCUT2D eigenvalue weighted by Gasteiger charge is -2.08. The molecule has 0 aliphatic carbocycles. The number of imidazole rings is 1. The number of nitro groups is 1. The molecule has 0 atom stereocenters. The third-order valence-corrected chi connectivity index (χ3v) is 5.10. The predicted molar refractivity (Wildman–Crippen MR) is 123 cm³/mol. The fraction of sp³-hybridized carbons (Fsp3) is 0.0909. The Morgan fingerprint density at radius 3 is 2.81 bits per heavy atom. The number of hydrogen-bond acceptors (Lipinski definition) is 7. The number of benzene rings is 2. The van der Waals surface area contributed by atoms with Crippen molar-refractivity contribution < 1.29 is 19.9 Å². The van der Waals surface area contributed by atoms with Gasteiger partial charge in [0.25, 0.3) is 0 Å². The van der Waals surface area contributed by atoms with E-state index in [9.17, 15) is 20.3 Å². The van der Waals surface area contributed by atoms with Gasteiger partial charge in [-0.25, -0.2) is 9.98 Å². The molecule has 9 nitrogen and oxygen atoms in total. The Balaban J connectivity index is 1.87. The molecule has 4 rings (SSSR count). The number of phenolic OH excluding ortho intramolecular Hbond substituents is 2. The highest BCUT2D eigenvalue weighted by molar-refractivity contribution is 9.10. The van der Waals surface area contributed by atoms with Gasteiger partial charge in [-0.05, 0) is 43.3 Å². The number of fused-ring (bicyclic) bond motifs is 1. The molecule has 2 N–H and O–H groups in total. The number of pyridine rings is 1. The average molecular weight is 497 g/mol. The molecule has 0 saturated heterocycles. The summed E-state index contributed by atoms with van der Waals surface area (Å²) in [5.74, 6) is 0.282. The van der Waals surface area contributed by atoms with Crippen LogP contribution < -0.4 is 4.74 Å². The number of phenols is 2. The zero-order chi connectivity index (χ0) is 22.8. The van der Waals surface area contributed by atoms with Gasteiger partial charge in [-0.3, -0.25) is 14.5 Å². The van der Waals surface area contributed by atoms with Crippen LogP contribution >= 0.6 is 15.9 Å². The van der Waals surface area contributed by atoms with Crippen LogP contribution in [0.25, 0.3) is 16.9 Å². The minimum absolute atomic E-state index is 0.00998. The van der Waals surface area contributed by atoms with E-state index >= 15 is 0 Å². The molecule has 4 aromatic rings. The topological polar surface area (TPSA) is 122 Å². The molecule has 0 fully saturated rings. The van der Waals surface area contributed by atoms with Crippen LogP contribution in [0, 0.1) is 10.1 Å². The zero-order valence-electron chi connectivity index (χ0n) is 16.8. The summed E-state index contributed by atoms with van der Waals surface area (Å²) in [5.41, 5.74) is 1.54. The van der Waals surface area contributed by atoms with E-state index in [4.69, 9.17) is 4.74 Å². The van der Waals surface area contributed by atoms with E-state index in [2.05, 4.69) is 25.9 Å². The molecule has 0 bridgehead atoms. The molecule has 10 heteroatoms. The van der Waals surface area contributed by atoms with Gasteiger partial charge in [-0.2, -0.15) is 0 Å². The molecule has 2 aromatic heterocycles. The van der Waals surface area contributed by atoms with E-state index < -0.39 is 16.4 Å². The van der Waals surface area contributed by atoms with E-state index in [1.54, 1.807) is 22.7 Å². The van der Waals surface area contributed by atoms with Gasteiger partial charge in [0, 0.05) is 34.1 Å². The van der Waals surface area contributed by atoms with Crippen molar-refractivity contribution in [3.8, 4) is 28.5 Å². The second-order valence-corrected chi connectivity index (χ2v) is 7.62. The Morgan fingerprint density at radius 1 is 1.25 bits per heavy atom. The number of nitro benzene ring substituents is 1. The minimum Gasteiger partial charge on any atom is -0.504 e. The second-order valence-electron chi connectivity index (χ2n) is 6.71. The Kier molecular flexibility index (Phi) is 5.78. The fourth-order valence-electron chi connectivity index (χ4n) is 3.21. The van der Waals surface area contributed by atoms with Crippen molar-refractivity contribution in [2.75, 3.05) is 6.61 Å². The van der Waals surface area contributed by atoms with Crippen molar-refractivity contribution in [1.29, 1.82) is 0 Å². The molecular weight excluding hydrogens is 480 g/mol. The number of aromatic nitrogens is 2. The van der Waals surface area contributed by atoms with Crippen molar-refractivity contribution in [1.82, 2.24) is 9.38 Å². The largest absolute Gasteiger partial charge is 0.504 e. The highest BCUT2D eigenvalue weighted by Crippen LogP contribution is 2.37. The normalized spacial score (nSPS) is 11.3. The third kappa shape index (κ3) is 4.00. The maximum absolute atomic E-state index is 11.2. The van der Waals surface area contributed by atoms with Crippen molar-refractivity contribution in [3.63, 3.8) is 0 Å². The van der Waals surface area contributed by atoms with Crippen LogP contribution in [0.2, 0.25) is 0 Å². The third-order valence-electron chi connectivity index (χ3n) is 4.64. The first kappa shape index (κ1) is 21.3. The lowest BCUT2D eigenvalue weighted by Crippen LogP contribution is -1.93. The van der Waals surface area contributed by atoms with Crippen LogP contribution in [0.3, 0.4) is 0 Å². The quantitative estimate of drug-likeness (QED) is 0.214. The molecule has 2 aromatic carbocycles. The van der Waals surface area contributed by atoms with Crippen molar-refractivity contribution >= 4 is 39.3 Å². The van der Waals surface area contributed by atoms with Gasteiger partial charge in [-0.1, -0.05) is 22.0 Å². The number of nitrogens with zero attached hydrogens (tertiary/aromatic N) is 4. The maximum atomic E-state index is 11.2. The molecule has 0 amide bonds. The van der Waals surface area contributed by atoms with Crippen LogP contribution in [-0.2, 0) is 0 Å². The smallest absolute Gasteiger partial charge is 0.312 e. The molecule has 0 radical (unpaired) electrons. The average Bonchev–Trinajstić information content (AvgIpc) is 3.14. The molecular formula is C22H17BrN4O5. The zero-order valence-corrected chi connectivity index (χ0v) is 18.4. The molecule has 0 unspecified atom stereocenters. The molecule has 2 heterocycles. The first-order valence-electron chi connectivity index (χ1n) is 9.53. The number of hydrogen-bond donors (Lipinski definition) is 2. The monoisotopic (exact) mass is 496 g/mol. The summed E-state index contributed by atoms with van der Waals surface area (Å²) in [5, 5.41) is 31.6. The minimum atomic E-state index is -0.664. The highest BCUT2D eigenvalue weighted by atomic mass is 79.9. The number of rotatable bonds is 6. The van der Waals surface area contributed by atoms with E-state index in [0.717, 1.165) is 0 Å². The molecule has 0 saturated carbocycles. The number of aliphatic imine (C=N–C) groups is 1. The van der Waals surface area contributed by atoms with E-state index in [0.29, 0.717) is 39.6 Å². The molecule has 32 heavy (non-hydrogen) atoms. The van der Waals surface area contributed by atoms with Crippen LogP contribution in [0.5, 0.6) is 17.2 Å². The Bertz CT molecular complexity index is 1370. The molecule has 0 aliphatic rings. The van der Waals surface area contributed by atoms with Gasteiger partial charge in [0.1, 0.15) is 11.3 Å². The lowest BCUT2D eigenvalue weighted by atomic mass is 10.1. The van der Waals surface area contributed by atoms with Crippen molar-refractivity contribution in [2.24, 2.45) is 4.99 Å². The molecule has 0 aliphatic heterocycles. The van der Waals surface area contributed by atoms with Gasteiger partial charge in [0.15, 0.2) is 17.3 Å². The predicted octanol–water partition coefficient (Wildman–Crippen LogP) is 5.23. The summed E-state index contributed by atoms with van der Waals surface area (Å²) in [7, 11) is 0. The van der Waals surface area contributed by atoms with Crippen LogP contribution in [-0.4, -0.2) is 37.3 Å². The number of halogens is 1. The summed E-state index contributed by atoms with van der Waals surface area (Å²) in [4.78, 5) is 19.7. The summed E-state index contributed by atoms with van der Waals surface area (Å²) in [6, 6.07) is 13.1. The van der Waals surface area contributed by atoms with Crippen LogP contribution in [0.15, 0.2) is 64.2 Å². The number of ether oxygens (including phenoxy) is 1. The summed E-state index contributed by atoms with van der Waals surface area (Å²) in [6.45, 7) is 2.20. The lowest BCUT2D eigenvalue weighted by molar-refractivity contribution is -0.385. The van der Waals surface area contributed by atoms with Gasteiger partial charge < -0.3 is 14.9 Å².